The van der Waals surface area contributed by atoms with Crippen LogP contribution >= 0.6 is 11.6 Å². The minimum atomic E-state index is -4.08. The molecule has 0 spiro atoms. The van der Waals surface area contributed by atoms with Crippen LogP contribution in [0.3, 0.4) is 0 Å². The van der Waals surface area contributed by atoms with Crippen LogP contribution in [0.15, 0.2) is 55.1 Å². The van der Waals surface area contributed by atoms with Gasteiger partial charge < -0.3 is 5.32 Å². The number of alkyl halides is 6. The summed E-state index contributed by atoms with van der Waals surface area (Å²) in [6.07, 6.45) is -2.52. The fraction of sp³-hybridized carbons (Fsp3) is 0.409. The summed E-state index contributed by atoms with van der Waals surface area (Å²) in [5.74, 6) is -8.30. The number of hydrogen-bond donors (Lipinski definition) is 2. The number of hydrogen-bond acceptors (Lipinski definition) is 8. The molecule has 2 saturated carbocycles. The van der Waals surface area contributed by atoms with Gasteiger partial charge in [-0.05, 0) is 100 Å². The quantitative estimate of drug-likeness (QED) is 0.0566. The molecular formula is C44H40ClF8N7O5S2. The van der Waals surface area contributed by atoms with Gasteiger partial charge in [0.1, 0.15) is 46.6 Å². The molecule has 356 valence electrons. The van der Waals surface area contributed by atoms with Gasteiger partial charge in [0.25, 0.3) is 12.3 Å². The van der Waals surface area contributed by atoms with E-state index < -0.39 is 132 Å². The molecule has 2 fully saturated rings. The number of sulfonamides is 1. The van der Waals surface area contributed by atoms with Gasteiger partial charge in [0.05, 0.1) is 38.7 Å². The highest BCUT2D eigenvalue weighted by atomic mass is 35.5. The number of allylic oxidation sites excluding steroid dienone is 1. The summed E-state index contributed by atoms with van der Waals surface area (Å²) in [6.45, 7) is 5.07. The fourth-order valence-corrected chi connectivity index (χ4v) is 11.1. The zero-order valence-electron chi connectivity index (χ0n) is 35.7. The summed E-state index contributed by atoms with van der Waals surface area (Å²) >= 11 is 6.61. The van der Waals surface area contributed by atoms with E-state index in [1.807, 2.05) is 0 Å². The summed E-state index contributed by atoms with van der Waals surface area (Å²) < 4.78 is 174. The number of fused-ring (bicyclic) bond motifs is 4. The van der Waals surface area contributed by atoms with Crippen molar-refractivity contribution < 1.29 is 56.8 Å². The van der Waals surface area contributed by atoms with Crippen LogP contribution in [0.4, 0.5) is 40.9 Å². The van der Waals surface area contributed by atoms with Crippen LogP contribution in [0.2, 0.25) is 5.02 Å². The summed E-state index contributed by atoms with van der Waals surface area (Å²) in [4.78, 5) is 18.9. The lowest BCUT2D eigenvalue weighted by molar-refractivity contribution is -0.123. The number of carbonyl (C=O) groups is 1. The lowest BCUT2D eigenvalue weighted by Gasteiger charge is -2.23. The molecule has 2 N–H and O–H groups in total. The number of amides is 1. The minimum Gasteiger partial charge on any atom is -0.346 e. The second kappa shape index (κ2) is 16.9. The Labute approximate surface area is 384 Å². The third-order valence-corrected chi connectivity index (χ3v) is 16.4. The average Bonchev–Trinajstić information content (AvgIpc) is 4.16. The second-order valence-electron chi connectivity index (χ2n) is 17.1. The molecular weight excluding hydrogens is 958 g/mol. The van der Waals surface area contributed by atoms with Crippen molar-refractivity contribution in [1.29, 1.82) is 0 Å². The molecule has 3 aliphatic rings. The van der Waals surface area contributed by atoms with Gasteiger partial charge in [-0.1, -0.05) is 30.2 Å². The highest BCUT2D eigenvalue weighted by molar-refractivity contribution is 7.94. The van der Waals surface area contributed by atoms with Crippen LogP contribution in [-0.2, 0) is 56.0 Å². The average molecular weight is 998 g/mol. The highest BCUT2D eigenvalue weighted by Gasteiger charge is 2.68. The van der Waals surface area contributed by atoms with Gasteiger partial charge in [0.15, 0.2) is 15.7 Å². The van der Waals surface area contributed by atoms with Crippen LogP contribution in [-0.4, -0.2) is 69.5 Å². The van der Waals surface area contributed by atoms with E-state index >= 15 is 17.6 Å². The predicted molar refractivity (Wildman–Crippen MR) is 232 cm³/mol. The zero-order valence-corrected chi connectivity index (χ0v) is 38.0. The second-order valence-corrected chi connectivity index (χ2v) is 22.3. The molecule has 5 aromatic rings. The van der Waals surface area contributed by atoms with Crippen LogP contribution in [0.5, 0.6) is 0 Å². The first-order chi connectivity index (χ1) is 31.3. The molecule has 23 heteroatoms. The maximum absolute atomic E-state index is 15.7. The van der Waals surface area contributed by atoms with Crippen LogP contribution in [0.1, 0.15) is 85.9 Å². The SMILES string of the molecule is C=CC(F)(F)c1nn(CC(=O)N[C@@H](Cc2cc(F)cc(F)c2)c2nc(C#CC(C)(C)S(=O)(=O)C3CC3)ccc2-c2ccc(Cl)c3c(NS(=O)(=O)CC)nn(CC(F)F)c23)c2c1[C@H]1C[C@H]1C2(F)F. The van der Waals surface area contributed by atoms with Crippen molar-refractivity contribution in [2.45, 2.75) is 99.8 Å². The number of pyridine rings is 1. The number of benzene rings is 2. The molecule has 3 aromatic heterocycles. The maximum atomic E-state index is 15.7. The smallest absolute Gasteiger partial charge is 0.309 e. The topological polar surface area (TPSA) is 158 Å². The van der Waals surface area contributed by atoms with Gasteiger partial charge in [-0.2, -0.15) is 27.8 Å². The summed E-state index contributed by atoms with van der Waals surface area (Å²) in [5, 5.41) is 9.67. The number of aromatic nitrogens is 5. The number of nitrogens with one attached hydrogen (secondary N) is 2. The third kappa shape index (κ3) is 9.01. The standard InChI is InChI=1S/C44H40ClF8N7O5S2/c1-5-43(50,51)39-35-29-19-30(29)44(52,53)40(35)60(56-39)21-34(61)55-32(17-22-15-23(46)18-24(47)16-22)37-27(10-7-25(54-37)13-14-42(3,4)67(64,65)26-8-9-26)28-11-12-31(45)36-38(28)59(20-33(48)49)57-41(36)58-66(62,63)6-2/h5,7,10-12,15-16,18,26,29-30,32-33H,1,6,8-9,17,19-21H2,2-4H3,(H,55,61)(H,57,58)/t29-,30+,32-/m0/s1. The van der Waals surface area contributed by atoms with Crippen molar-refractivity contribution in [3.63, 3.8) is 0 Å². The Bertz CT molecular complexity index is 3140. The third-order valence-electron chi connectivity index (χ3n) is 12.0. The first-order valence-electron chi connectivity index (χ1n) is 20.8. The molecule has 0 unspecified atom stereocenters. The molecule has 3 atom stereocenters. The lowest BCUT2D eigenvalue weighted by Crippen LogP contribution is -2.35. The highest BCUT2D eigenvalue weighted by Crippen LogP contribution is 2.68. The Morgan fingerprint density at radius 1 is 1.03 bits per heavy atom. The zero-order chi connectivity index (χ0) is 48.8. The summed E-state index contributed by atoms with van der Waals surface area (Å²) in [7, 11) is -7.85. The first kappa shape index (κ1) is 47.9. The Morgan fingerprint density at radius 2 is 1.70 bits per heavy atom. The molecule has 0 bridgehead atoms. The van der Waals surface area contributed by atoms with Crippen LogP contribution < -0.4 is 10.0 Å². The van der Waals surface area contributed by atoms with Gasteiger partial charge in [0.2, 0.25) is 15.9 Å². The minimum absolute atomic E-state index is 0.00196. The van der Waals surface area contributed by atoms with Crippen LogP contribution in [0, 0.1) is 29.4 Å². The molecule has 0 aliphatic heterocycles. The van der Waals surface area contributed by atoms with E-state index in [4.69, 9.17) is 16.6 Å². The van der Waals surface area contributed by atoms with E-state index in [-0.39, 0.29) is 56.5 Å². The Morgan fingerprint density at radius 3 is 2.33 bits per heavy atom. The summed E-state index contributed by atoms with van der Waals surface area (Å²) in [5.41, 5.74) is -2.87. The van der Waals surface area contributed by atoms with E-state index in [1.165, 1.54) is 45.0 Å². The van der Waals surface area contributed by atoms with Crippen molar-refractivity contribution in [3.05, 3.63) is 106 Å². The molecule has 1 amide bonds. The number of carbonyl (C=O) groups excluding carboxylic acids is 1. The number of rotatable bonds is 16. The predicted octanol–water partition coefficient (Wildman–Crippen LogP) is 8.55. The molecule has 67 heavy (non-hydrogen) atoms. The van der Waals surface area contributed by atoms with Gasteiger partial charge in [-0.25, -0.2) is 39.4 Å². The fourth-order valence-electron chi connectivity index (χ4n) is 8.45. The van der Waals surface area contributed by atoms with Gasteiger partial charge in [0, 0.05) is 28.7 Å². The Balaban J connectivity index is 1.32. The largest absolute Gasteiger partial charge is 0.346 e. The van der Waals surface area contributed by atoms with E-state index in [0.29, 0.717) is 23.6 Å². The van der Waals surface area contributed by atoms with E-state index in [1.54, 1.807) is 0 Å². The van der Waals surface area contributed by atoms with Crippen molar-refractivity contribution in [3.8, 4) is 23.0 Å². The van der Waals surface area contributed by atoms with Crippen molar-refractivity contribution in [2.24, 2.45) is 5.92 Å². The number of nitrogens with zero attached hydrogens (tertiary/aromatic N) is 5. The van der Waals surface area contributed by atoms with Gasteiger partial charge in [-0.3, -0.25) is 18.9 Å². The number of anilines is 1. The maximum Gasteiger partial charge on any atom is 0.309 e. The van der Waals surface area contributed by atoms with Crippen LogP contribution in [0.25, 0.3) is 22.0 Å². The van der Waals surface area contributed by atoms with Gasteiger partial charge in [-0.15, -0.1) is 0 Å². The number of sulfone groups is 1. The molecule has 3 aliphatic carbocycles. The number of halogens is 9. The molecule has 3 heterocycles. The molecule has 0 saturated heterocycles. The van der Waals surface area contributed by atoms with E-state index in [2.05, 4.69) is 38.7 Å². The first-order valence-corrected chi connectivity index (χ1v) is 24.4. The lowest BCUT2D eigenvalue weighted by atomic mass is 9.93. The Hall–Kier alpha value is -5.53. The molecule has 8 rings (SSSR count). The molecule has 2 aromatic carbocycles. The monoisotopic (exact) mass is 997 g/mol. The molecule has 0 radical (unpaired) electrons. The van der Waals surface area contributed by atoms with Crippen molar-refractivity contribution in [1.82, 2.24) is 29.9 Å². The summed E-state index contributed by atoms with van der Waals surface area (Å²) in [6, 6.07) is 6.23. The Kier molecular flexibility index (Phi) is 12.1. The van der Waals surface area contributed by atoms with E-state index in [9.17, 15) is 39.2 Å². The van der Waals surface area contributed by atoms with E-state index in [0.717, 1.165) is 16.8 Å². The molecule has 12 nitrogen and oxygen atoms in total. The van der Waals surface area contributed by atoms with Crippen molar-refractivity contribution >= 4 is 54.1 Å². The van der Waals surface area contributed by atoms with Gasteiger partial charge >= 0.3 is 5.92 Å². The normalized spacial score (nSPS) is 18.3. The van der Waals surface area contributed by atoms with Crippen molar-refractivity contribution in [2.75, 3.05) is 10.5 Å².